The first-order chi connectivity index (χ1) is 8.93. The molecular formula is C14H22N2O2S. The van der Waals surface area contributed by atoms with Gasteiger partial charge in [-0.3, -0.25) is 11.3 Å². The van der Waals surface area contributed by atoms with Crippen molar-refractivity contribution < 1.29 is 8.42 Å². The fraction of sp³-hybridized carbons (Fsp3) is 0.571. The summed E-state index contributed by atoms with van der Waals surface area (Å²) in [5, 5.41) is 0. The molecule has 1 aromatic carbocycles. The quantitative estimate of drug-likeness (QED) is 0.652. The normalized spacial score (nSPS) is 23.7. The van der Waals surface area contributed by atoms with Crippen LogP contribution in [0.2, 0.25) is 0 Å². The predicted octanol–water partition coefficient (Wildman–Crippen LogP) is 1.75. The van der Waals surface area contributed by atoms with Crippen molar-refractivity contribution >= 4 is 9.84 Å². The van der Waals surface area contributed by atoms with E-state index in [0.29, 0.717) is 12.3 Å². The lowest BCUT2D eigenvalue weighted by Crippen LogP contribution is -2.34. The Balaban J connectivity index is 2.18. The minimum atomic E-state index is -2.88. The summed E-state index contributed by atoms with van der Waals surface area (Å²) in [5.74, 6) is 6.69. The second-order valence-electron chi connectivity index (χ2n) is 5.63. The highest BCUT2D eigenvalue weighted by molar-refractivity contribution is 7.91. The number of hydrogen-bond acceptors (Lipinski definition) is 4. The average molecular weight is 282 g/mol. The molecule has 1 fully saturated rings. The van der Waals surface area contributed by atoms with E-state index in [1.54, 1.807) is 0 Å². The molecule has 2 unspecified atom stereocenters. The molecular weight excluding hydrogens is 260 g/mol. The molecule has 0 amide bonds. The zero-order valence-electron chi connectivity index (χ0n) is 11.5. The van der Waals surface area contributed by atoms with Crippen LogP contribution in [0.5, 0.6) is 0 Å². The van der Waals surface area contributed by atoms with Gasteiger partial charge in [0, 0.05) is 6.04 Å². The first kappa shape index (κ1) is 14.5. The number of nitrogens with two attached hydrogens (primary N) is 1. The van der Waals surface area contributed by atoms with Crippen LogP contribution in [0.1, 0.15) is 43.4 Å². The fourth-order valence-electron chi connectivity index (χ4n) is 2.68. The van der Waals surface area contributed by atoms with E-state index < -0.39 is 9.84 Å². The summed E-state index contributed by atoms with van der Waals surface area (Å²) < 4.78 is 23.1. The van der Waals surface area contributed by atoms with Crippen molar-refractivity contribution in [3.8, 4) is 0 Å². The fourth-order valence-corrected chi connectivity index (χ4v) is 4.52. The van der Waals surface area contributed by atoms with Gasteiger partial charge in [-0.25, -0.2) is 8.42 Å². The monoisotopic (exact) mass is 282 g/mol. The van der Waals surface area contributed by atoms with Gasteiger partial charge in [-0.2, -0.15) is 0 Å². The summed E-state index contributed by atoms with van der Waals surface area (Å²) in [4.78, 5) is 0. The molecule has 0 spiro atoms. The van der Waals surface area contributed by atoms with E-state index in [4.69, 9.17) is 5.84 Å². The largest absolute Gasteiger partial charge is 0.271 e. The lowest BCUT2D eigenvalue weighted by Gasteiger charge is -2.22. The van der Waals surface area contributed by atoms with Gasteiger partial charge in [0.2, 0.25) is 0 Å². The van der Waals surface area contributed by atoms with Crippen molar-refractivity contribution in [3.63, 3.8) is 0 Å². The van der Waals surface area contributed by atoms with Gasteiger partial charge < -0.3 is 0 Å². The third-order valence-corrected chi connectivity index (χ3v) is 5.67. The van der Waals surface area contributed by atoms with Crippen molar-refractivity contribution in [1.29, 1.82) is 0 Å². The Bertz CT molecular complexity index is 523. The minimum Gasteiger partial charge on any atom is -0.271 e. The van der Waals surface area contributed by atoms with Crippen LogP contribution in [0.4, 0.5) is 0 Å². The Labute approximate surface area is 115 Å². The van der Waals surface area contributed by atoms with Crippen LogP contribution < -0.4 is 11.3 Å². The van der Waals surface area contributed by atoms with Crippen LogP contribution in [-0.4, -0.2) is 19.9 Å². The third-order valence-electron chi connectivity index (χ3n) is 3.88. The minimum absolute atomic E-state index is 0.0694. The van der Waals surface area contributed by atoms with Crippen LogP contribution in [0.25, 0.3) is 0 Å². The van der Waals surface area contributed by atoms with Gasteiger partial charge in [-0.1, -0.05) is 38.1 Å². The molecule has 0 radical (unpaired) electrons. The maximum Gasteiger partial charge on any atom is 0.150 e. The van der Waals surface area contributed by atoms with Gasteiger partial charge in [0.1, 0.15) is 0 Å². The lowest BCUT2D eigenvalue weighted by molar-refractivity contribution is 0.399. The predicted molar refractivity (Wildman–Crippen MR) is 77.4 cm³/mol. The first-order valence-corrected chi connectivity index (χ1v) is 8.51. The molecule has 1 heterocycles. The Hall–Kier alpha value is -0.910. The number of benzene rings is 1. The molecule has 1 aliphatic rings. The van der Waals surface area contributed by atoms with Gasteiger partial charge in [0.05, 0.1) is 11.5 Å². The maximum atomic E-state index is 11.6. The Morgan fingerprint density at radius 2 is 1.79 bits per heavy atom. The van der Waals surface area contributed by atoms with Gasteiger partial charge in [-0.05, 0) is 29.4 Å². The van der Waals surface area contributed by atoms with Crippen molar-refractivity contribution in [2.75, 3.05) is 11.5 Å². The smallest absolute Gasteiger partial charge is 0.150 e. The van der Waals surface area contributed by atoms with Crippen molar-refractivity contribution in [2.24, 2.45) is 11.8 Å². The number of hydrogen-bond donors (Lipinski definition) is 2. The number of hydrazine groups is 1. The van der Waals surface area contributed by atoms with Gasteiger partial charge in [0.15, 0.2) is 9.84 Å². The van der Waals surface area contributed by atoms with E-state index >= 15 is 0 Å². The summed E-state index contributed by atoms with van der Waals surface area (Å²) in [6, 6.07) is 8.19. The number of nitrogens with one attached hydrogen (secondary N) is 1. The van der Waals surface area contributed by atoms with E-state index in [2.05, 4.69) is 31.4 Å². The third kappa shape index (κ3) is 3.35. The van der Waals surface area contributed by atoms with Crippen LogP contribution in [0.3, 0.4) is 0 Å². The molecule has 2 atom stereocenters. The van der Waals surface area contributed by atoms with E-state index in [0.717, 1.165) is 5.56 Å². The molecule has 19 heavy (non-hydrogen) atoms. The van der Waals surface area contributed by atoms with Crippen molar-refractivity contribution in [2.45, 2.75) is 32.2 Å². The second-order valence-corrected chi connectivity index (χ2v) is 7.86. The maximum absolute atomic E-state index is 11.6. The summed E-state index contributed by atoms with van der Waals surface area (Å²) in [5.41, 5.74) is 5.12. The van der Waals surface area contributed by atoms with Gasteiger partial charge >= 0.3 is 0 Å². The van der Waals surface area contributed by atoms with Crippen LogP contribution in [-0.2, 0) is 9.84 Å². The van der Waals surface area contributed by atoms with Crippen LogP contribution in [0, 0.1) is 5.92 Å². The highest BCUT2D eigenvalue weighted by atomic mass is 32.2. The molecule has 1 aliphatic heterocycles. The van der Waals surface area contributed by atoms with Gasteiger partial charge in [-0.15, -0.1) is 0 Å². The SMILES string of the molecule is CC(C)c1ccc(C(NN)C2CCS(=O)(=O)C2)cc1. The van der Waals surface area contributed by atoms with Crippen LogP contribution in [0.15, 0.2) is 24.3 Å². The second kappa shape index (κ2) is 5.61. The summed E-state index contributed by atoms with van der Waals surface area (Å²) in [6.45, 7) is 4.30. The topological polar surface area (TPSA) is 72.2 Å². The van der Waals surface area contributed by atoms with E-state index in [-0.39, 0.29) is 23.5 Å². The lowest BCUT2D eigenvalue weighted by atomic mass is 9.91. The molecule has 0 aromatic heterocycles. The molecule has 2 rings (SSSR count). The number of rotatable bonds is 4. The molecule has 4 nitrogen and oxygen atoms in total. The number of sulfone groups is 1. The average Bonchev–Trinajstić information content (AvgIpc) is 2.71. The molecule has 1 saturated heterocycles. The highest BCUT2D eigenvalue weighted by Crippen LogP contribution is 2.31. The zero-order valence-corrected chi connectivity index (χ0v) is 12.3. The van der Waals surface area contributed by atoms with Gasteiger partial charge in [0.25, 0.3) is 0 Å². The molecule has 0 bridgehead atoms. The Morgan fingerprint density at radius 3 is 2.21 bits per heavy atom. The Kier molecular flexibility index (Phi) is 4.28. The van der Waals surface area contributed by atoms with Crippen LogP contribution >= 0.6 is 0 Å². The van der Waals surface area contributed by atoms with E-state index in [1.807, 2.05) is 12.1 Å². The molecule has 106 valence electrons. The van der Waals surface area contributed by atoms with Crippen molar-refractivity contribution in [3.05, 3.63) is 35.4 Å². The zero-order chi connectivity index (χ0) is 14.0. The molecule has 5 heteroatoms. The van der Waals surface area contributed by atoms with E-state index in [1.165, 1.54) is 5.56 Å². The summed E-state index contributed by atoms with van der Waals surface area (Å²) in [7, 11) is -2.88. The molecule has 1 aromatic rings. The highest BCUT2D eigenvalue weighted by Gasteiger charge is 2.33. The first-order valence-electron chi connectivity index (χ1n) is 6.69. The van der Waals surface area contributed by atoms with E-state index in [9.17, 15) is 8.42 Å². The molecule has 0 saturated carbocycles. The summed E-state index contributed by atoms with van der Waals surface area (Å²) in [6.07, 6.45) is 0.684. The molecule has 3 N–H and O–H groups in total. The Morgan fingerprint density at radius 1 is 1.21 bits per heavy atom. The molecule has 0 aliphatic carbocycles. The van der Waals surface area contributed by atoms with Crippen molar-refractivity contribution in [1.82, 2.24) is 5.43 Å². The summed E-state index contributed by atoms with van der Waals surface area (Å²) >= 11 is 0. The standard InChI is InChI=1S/C14H22N2O2S/c1-10(2)11-3-5-12(6-4-11)14(16-15)13-7-8-19(17,18)9-13/h3-6,10,13-14,16H,7-9,15H2,1-2H3.